The number of unbranched alkanes of at least 4 members (excludes halogenated alkanes) is 1. The van der Waals surface area contributed by atoms with Crippen LogP contribution < -0.4 is 0 Å². The summed E-state index contributed by atoms with van der Waals surface area (Å²) in [6.45, 7) is 6.94. The Morgan fingerprint density at radius 3 is 2.47 bits per heavy atom. The van der Waals surface area contributed by atoms with Gasteiger partial charge in [-0.2, -0.15) is 0 Å². The van der Waals surface area contributed by atoms with Crippen molar-refractivity contribution < 1.29 is 19.1 Å². The summed E-state index contributed by atoms with van der Waals surface area (Å²) in [6.07, 6.45) is 2.64. The van der Waals surface area contributed by atoms with E-state index >= 15 is 0 Å². The maximum Gasteiger partial charge on any atom is 0.347 e. The number of amides is 1. The second-order valence-electron chi connectivity index (χ2n) is 3.31. The molecule has 1 atom stereocenters. The molecule has 0 heterocycles. The first kappa shape index (κ1) is 14.4. The van der Waals surface area contributed by atoms with E-state index in [9.17, 15) is 9.36 Å². The molecule has 0 spiro atoms. The van der Waals surface area contributed by atoms with Gasteiger partial charge in [-0.25, -0.2) is 0 Å². The van der Waals surface area contributed by atoms with E-state index in [1.54, 1.807) is 0 Å². The van der Waals surface area contributed by atoms with Gasteiger partial charge in [0, 0.05) is 6.54 Å². The summed E-state index contributed by atoms with van der Waals surface area (Å²) < 4.78 is 11.0. The molecule has 0 aliphatic carbocycles. The van der Waals surface area contributed by atoms with Crippen LogP contribution in [0.1, 0.15) is 26.7 Å². The molecular weight excluding hydrogens is 217 g/mol. The SMILES string of the molecule is C=CC(=O)N(CCCC)C(C)P(=O)(O)O. The van der Waals surface area contributed by atoms with Gasteiger partial charge in [0.05, 0.1) is 0 Å². The van der Waals surface area contributed by atoms with Crippen molar-refractivity contribution >= 4 is 13.5 Å². The van der Waals surface area contributed by atoms with Crippen molar-refractivity contribution in [1.82, 2.24) is 4.90 Å². The number of hydrogen-bond donors (Lipinski definition) is 2. The van der Waals surface area contributed by atoms with E-state index < -0.39 is 19.3 Å². The van der Waals surface area contributed by atoms with Crippen LogP contribution in [-0.2, 0) is 9.36 Å². The average molecular weight is 235 g/mol. The van der Waals surface area contributed by atoms with Crippen LogP contribution in [0.3, 0.4) is 0 Å². The maximum absolute atomic E-state index is 11.4. The molecule has 0 aliphatic heterocycles. The van der Waals surface area contributed by atoms with E-state index in [0.717, 1.165) is 17.4 Å². The Bertz CT molecular complexity index is 273. The molecular formula is C9H18NO4P. The molecule has 2 N–H and O–H groups in total. The van der Waals surface area contributed by atoms with Crippen molar-refractivity contribution in [3.8, 4) is 0 Å². The molecule has 5 nitrogen and oxygen atoms in total. The Morgan fingerprint density at radius 2 is 2.13 bits per heavy atom. The summed E-state index contributed by atoms with van der Waals surface area (Å²) in [6, 6.07) is 0. The van der Waals surface area contributed by atoms with E-state index in [4.69, 9.17) is 9.79 Å². The summed E-state index contributed by atoms with van der Waals surface area (Å²) in [4.78, 5) is 30.5. The highest BCUT2D eigenvalue weighted by molar-refractivity contribution is 7.52. The minimum Gasteiger partial charge on any atom is -0.325 e. The lowest BCUT2D eigenvalue weighted by atomic mass is 10.3. The van der Waals surface area contributed by atoms with Gasteiger partial charge in [-0.05, 0) is 19.4 Å². The number of nitrogens with zero attached hydrogens (tertiary/aromatic N) is 1. The van der Waals surface area contributed by atoms with Crippen molar-refractivity contribution in [2.45, 2.75) is 32.5 Å². The zero-order valence-electron chi connectivity index (χ0n) is 9.09. The summed E-state index contributed by atoms with van der Waals surface area (Å²) in [5, 5.41) is 0. The molecule has 1 unspecified atom stereocenters. The summed E-state index contributed by atoms with van der Waals surface area (Å²) >= 11 is 0. The van der Waals surface area contributed by atoms with Gasteiger partial charge in [0.15, 0.2) is 0 Å². The lowest BCUT2D eigenvalue weighted by molar-refractivity contribution is -0.127. The standard InChI is InChI=1S/C9H18NO4P/c1-4-6-7-10(9(11)5-2)8(3)15(12,13)14/h5,8H,2,4,6-7H2,1,3H3,(H2,12,13,14). The third-order valence-corrected chi connectivity index (χ3v) is 3.40. The van der Waals surface area contributed by atoms with Crippen LogP contribution >= 0.6 is 7.60 Å². The molecule has 0 bridgehead atoms. The molecule has 88 valence electrons. The molecule has 6 heteroatoms. The van der Waals surface area contributed by atoms with Gasteiger partial charge >= 0.3 is 7.60 Å². The van der Waals surface area contributed by atoms with Crippen molar-refractivity contribution in [3.05, 3.63) is 12.7 Å². The second-order valence-corrected chi connectivity index (χ2v) is 5.24. The largest absolute Gasteiger partial charge is 0.347 e. The minimum atomic E-state index is -4.26. The first-order chi connectivity index (χ1) is 6.84. The van der Waals surface area contributed by atoms with Crippen LogP contribution in [0.4, 0.5) is 0 Å². The van der Waals surface area contributed by atoms with E-state index in [0.29, 0.717) is 13.0 Å². The number of carbonyl (C=O) groups excluding carboxylic acids is 1. The van der Waals surface area contributed by atoms with Crippen LogP contribution in [-0.4, -0.2) is 32.9 Å². The van der Waals surface area contributed by atoms with Crippen LogP contribution in [0.15, 0.2) is 12.7 Å². The van der Waals surface area contributed by atoms with Crippen molar-refractivity contribution in [2.24, 2.45) is 0 Å². The van der Waals surface area contributed by atoms with E-state index in [2.05, 4.69) is 6.58 Å². The normalized spacial score (nSPS) is 13.3. The monoisotopic (exact) mass is 235 g/mol. The zero-order valence-corrected chi connectivity index (χ0v) is 9.98. The highest BCUT2D eigenvalue weighted by Crippen LogP contribution is 2.42. The smallest absolute Gasteiger partial charge is 0.325 e. The highest BCUT2D eigenvalue weighted by Gasteiger charge is 2.31. The molecule has 1 amide bonds. The zero-order chi connectivity index (χ0) is 12.1. The number of hydrogen-bond acceptors (Lipinski definition) is 2. The second kappa shape index (κ2) is 6.05. The number of rotatable bonds is 6. The van der Waals surface area contributed by atoms with Crippen LogP contribution in [0.25, 0.3) is 0 Å². The molecule has 0 aliphatic rings. The summed E-state index contributed by atoms with van der Waals surface area (Å²) in [5.74, 6) is -1.53. The summed E-state index contributed by atoms with van der Waals surface area (Å²) in [7, 11) is -4.26. The molecule has 0 rings (SSSR count). The Balaban J connectivity index is 4.69. The molecule has 0 radical (unpaired) electrons. The van der Waals surface area contributed by atoms with Gasteiger partial charge in [0.25, 0.3) is 0 Å². The molecule has 0 aromatic carbocycles. The molecule has 0 fully saturated rings. The van der Waals surface area contributed by atoms with Gasteiger partial charge < -0.3 is 14.7 Å². The van der Waals surface area contributed by atoms with Gasteiger partial charge in [-0.3, -0.25) is 9.36 Å². The summed E-state index contributed by atoms with van der Waals surface area (Å²) in [5.41, 5.74) is 0. The van der Waals surface area contributed by atoms with Crippen molar-refractivity contribution in [1.29, 1.82) is 0 Å². The van der Waals surface area contributed by atoms with E-state index in [1.807, 2.05) is 6.92 Å². The van der Waals surface area contributed by atoms with Crippen molar-refractivity contribution in [3.63, 3.8) is 0 Å². The molecule has 0 saturated heterocycles. The van der Waals surface area contributed by atoms with E-state index in [1.165, 1.54) is 6.92 Å². The fourth-order valence-electron chi connectivity index (χ4n) is 1.11. The Morgan fingerprint density at radius 1 is 1.60 bits per heavy atom. The third-order valence-electron chi connectivity index (χ3n) is 2.15. The predicted molar refractivity (Wildman–Crippen MR) is 58.3 cm³/mol. The fraction of sp³-hybridized carbons (Fsp3) is 0.667. The predicted octanol–water partition coefficient (Wildman–Crippen LogP) is 1.32. The fourth-order valence-corrected chi connectivity index (χ4v) is 1.70. The van der Waals surface area contributed by atoms with Gasteiger partial charge in [-0.15, -0.1) is 0 Å². The minimum absolute atomic E-state index is 0.341. The van der Waals surface area contributed by atoms with Gasteiger partial charge in [-0.1, -0.05) is 19.9 Å². The molecule has 15 heavy (non-hydrogen) atoms. The molecule has 0 aromatic rings. The van der Waals surface area contributed by atoms with Crippen LogP contribution in [0.5, 0.6) is 0 Å². The maximum atomic E-state index is 11.4. The molecule has 0 saturated carbocycles. The van der Waals surface area contributed by atoms with Gasteiger partial charge in [0.1, 0.15) is 5.78 Å². The Kier molecular flexibility index (Phi) is 5.80. The van der Waals surface area contributed by atoms with E-state index in [-0.39, 0.29) is 0 Å². The molecule has 0 aromatic heterocycles. The first-order valence-corrected chi connectivity index (χ1v) is 6.51. The van der Waals surface area contributed by atoms with Crippen molar-refractivity contribution in [2.75, 3.05) is 6.54 Å². The topological polar surface area (TPSA) is 77.8 Å². The highest BCUT2D eigenvalue weighted by atomic mass is 31.2. The van der Waals surface area contributed by atoms with Crippen LogP contribution in [0, 0.1) is 0 Å². The third kappa shape index (κ3) is 4.60. The number of carbonyl (C=O) groups is 1. The Labute approximate surface area is 89.9 Å². The lowest BCUT2D eigenvalue weighted by Crippen LogP contribution is -2.38. The van der Waals surface area contributed by atoms with Crippen LogP contribution in [0.2, 0.25) is 0 Å². The van der Waals surface area contributed by atoms with Gasteiger partial charge in [0.2, 0.25) is 5.91 Å². The first-order valence-electron chi connectivity index (χ1n) is 4.82. The Hall–Kier alpha value is -0.640. The lowest BCUT2D eigenvalue weighted by Gasteiger charge is -2.28. The average Bonchev–Trinajstić information content (AvgIpc) is 2.16. The quantitative estimate of drug-likeness (QED) is 0.537.